The highest BCUT2D eigenvalue weighted by Gasteiger charge is 2.39. The highest BCUT2D eigenvalue weighted by molar-refractivity contribution is 6.05. The van der Waals surface area contributed by atoms with Crippen LogP contribution in [0.4, 0.5) is 5.95 Å². The van der Waals surface area contributed by atoms with Crippen LogP contribution in [-0.4, -0.2) is 38.6 Å². The highest BCUT2D eigenvalue weighted by atomic mass is 16.2. The van der Waals surface area contributed by atoms with Gasteiger partial charge in [-0.3, -0.25) is 29.5 Å². The second kappa shape index (κ2) is 7.06. The molecule has 0 radical (unpaired) electrons. The van der Waals surface area contributed by atoms with Gasteiger partial charge in [-0.2, -0.15) is 0 Å². The molecular formula is C20H20N6O4. The molecule has 3 aliphatic heterocycles. The smallest absolute Gasteiger partial charge is 0.257 e. The molecule has 30 heavy (non-hydrogen) atoms. The van der Waals surface area contributed by atoms with Gasteiger partial charge in [0.2, 0.25) is 17.8 Å². The predicted molar refractivity (Wildman–Crippen MR) is 105 cm³/mol. The van der Waals surface area contributed by atoms with E-state index in [4.69, 9.17) is 0 Å². The first-order valence-electron chi connectivity index (χ1n) is 9.83. The van der Waals surface area contributed by atoms with Crippen LogP contribution in [0.15, 0.2) is 23.0 Å². The molecule has 1 saturated heterocycles. The third-order valence-electron chi connectivity index (χ3n) is 5.74. The lowest BCUT2D eigenvalue weighted by Gasteiger charge is -2.29. The number of benzene rings is 1. The summed E-state index contributed by atoms with van der Waals surface area (Å²) in [5.41, 5.74) is 3.60. The Morgan fingerprint density at radius 3 is 2.87 bits per heavy atom. The fourth-order valence-electron chi connectivity index (χ4n) is 4.19. The number of rotatable bonds is 4. The number of piperidine rings is 1. The number of carbonyl (C=O) groups is 3. The van der Waals surface area contributed by atoms with Crippen molar-refractivity contribution < 1.29 is 14.4 Å². The summed E-state index contributed by atoms with van der Waals surface area (Å²) in [6, 6.07) is 4.88. The summed E-state index contributed by atoms with van der Waals surface area (Å²) < 4.78 is 0. The number of carbonyl (C=O) groups excluding carboxylic acids is 3. The Balaban J connectivity index is 1.30. The first kappa shape index (κ1) is 18.5. The van der Waals surface area contributed by atoms with Crippen molar-refractivity contribution in [2.75, 3.05) is 5.32 Å². The van der Waals surface area contributed by atoms with Crippen LogP contribution in [0, 0.1) is 0 Å². The number of aromatic nitrogens is 2. The summed E-state index contributed by atoms with van der Waals surface area (Å²) in [5, 5.41) is 8.53. The standard InChI is InChI=1S/C20H20N6O4/c27-16-4-3-15(18(29)24-16)26-9-11-5-10(1-2-12(11)19(26)30)6-22-20-23-14-8-21-7-13(14)17(28)25-20/h1-2,5,15,21H,3-4,6-9H2,(H,24,27,29)(H2,22,23,25,28). The number of H-pyrrole nitrogens is 1. The fraction of sp³-hybridized carbons (Fsp3) is 0.350. The van der Waals surface area contributed by atoms with Crippen molar-refractivity contribution in [3.8, 4) is 0 Å². The zero-order chi connectivity index (χ0) is 20.8. The van der Waals surface area contributed by atoms with Crippen molar-refractivity contribution in [3.63, 3.8) is 0 Å². The van der Waals surface area contributed by atoms with E-state index in [1.54, 1.807) is 6.07 Å². The molecule has 1 aromatic carbocycles. The quantitative estimate of drug-likeness (QED) is 0.512. The number of fused-ring (bicyclic) bond motifs is 2. The second-order valence-corrected chi connectivity index (χ2v) is 7.69. The van der Waals surface area contributed by atoms with E-state index in [1.807, 2.05) is 12.1 Å². The summed E-state index contributed by atoms with van der Waals surface area (Å²) in [4.78, 5) is 57.1. The third-order valence-corrected chi connectivity index (χ3v) is 5.74. The van der Waals surface area contributed by atoms with Crippen LogP contribution >= 0.6 is 0 Å². The molecule has 2 aromatic rings. The average Bonchev–Trinajstić information content (AvgIpc) is 3.31. The van der Waals surface area contributed by atoms with Gasteiger partial charge in [0.1, 0.15) is 6.04 Å². The van der Waals surface area contributed by atoms with Gasteiger partial charge in [0.15, 0.2) is 0 Å². The van der Waals surface area contributed by atoms with Crippen LogP contribution < -0.4 is 21.5 Å². The molecule has 4 N–H and O–H groups in total. The molecule has 1 atom stereocenters. The van der Waals surface area contributed by atoms with E-state index < -0.39 is 11.9 Å². The van der Waals surface area contributed by atoms with Gasteiger partial charge < -0.3 is 15.5 Å². The Morgan fingerprint density at radius 2 is 2.03 bits per heavy atom. The Labute approximate surface area is 171 Å². The maximum absolute atomic E-state index is 12.7. The van der Waals surface area contributed by atoms with E-state index in [-0.39, 0.29) is 23.8 Å². The molecule has 0 aliphatic carbocycles. The number of nitrogens with zero attached hydrogens (tertiary/aromatic N) is 2. The lowest BCUT2D eigenvalue weighted by Crippen LogP contribution is -2.52. The van der Waals surface area contributed by atoms with Crippen LogP contribution in [0.25, 0.3) is 0 Å². The Kier molecular flexibility index (Phi) is 4.35. The topological polar surface area (TPSA) is 136 Å². The minimum atomic E-state index is -0.626. The summed E-state index contributed by atoms with van der Waals surface area (Å²) in [6.45, 7) is 1.86. The number of aromatic amines is 1. The van der Waals surface area contributed by atoms with Crippen molar-refractivity contribution in [1.29, 1.82) is 0 Å². The molecule has 1 unspecified atom stereocenters. The number of hydrogen-bond acceptors (Lipinski definition) is 7. The van der Waals surface area contributed by atoms with Crippen LogP contribution in [-0.2, 0) is 35.8 Å². The molecule has 4 heterocycles. The van der Waals surface area contributed by atoms with Crippen LogP contribution in [0.2, 0.25) is 0 Å². The van der Waals surface area contributed by atoms with Crippen LogP contribution in [0.5, 0.6) is 0 Å². The summed E-state index contributed by atoms with van der Waals surface area (Å²) in [6.07, 6.45) is 0.568. The van der Waals surface area contributed by atoms with Gasteiger partial charge in [-0.05, 0) is 23.6 Å². The number of nitrogens with one attached hydrogen (secondary N) is 4. The molecule has 1 aromatic heterocycles. The van der Waals surface area contributed by atoms with E-state index in [0.717, 1.165) is 16.8 Å². The largest absolute Gasteiger partial charge is 0.352 e. The van der Waals surface area contributed by atoms with Crippen molar-refractivity contribution in [1.82, 2.24) is 25.5 Å². The Hall–Kier alpha value is -3.53. The lowest BCUT2D eigenvalue weighted by molar-refractivity contribution is -0.136. The maximum Gasteiger partial charge on any atom is 0.257 e. The second-order valence-electron chi connectivity index (χ2n) is 7.69. The van der Waals surface area contributed by atoms with Gasteiger partial charge in [0, 0.05) is 38.2 Å². The van der Waals surface area contributed by atoms with Gasteiger partial charge in [-0.15, -0.1) is 0 Å². The summed E-state index contributed by atoms with van der Waals surface area (Å²) >= 11 is 0. The van der Waals surface area contributed by atoms with Crippen molar-refractivity contribution >= 4 is 23.7 Å². The molecule has 3 aliphatic rings. The van der Waals surface area contributed by atoms with Gasteiger partial charge in [0.05, 0.1) is 11.3 Å². The normalized spacial score (nSPS) is 20.2. The van der Waals surface area contributed by atoms with Crippen molar-refractivity contribution in [3.05, 3.63) is 56.5 Å². The van der Waals surface area contributed by atoms with Crippen molar-refractivity contribution in [2.45, 2.75) is 45.1 Å². The Bertz CT molecular complexity index is 1140. The zero-order valence-electron chi connectivity index (χ0n) is 16.1. The molecule has 10 nitrogen and oxygen atoms in total. The van der Waals surface area contributed by atoms with E-state index in [2.05, 4.69) is 25.9 Å². The summed E-state index contributed by atoms with van der Waals surface area (Å²) in [7, 11) is 0. The fourth-order valence-corrected chi connectivity index (χ4v) is 4.19. The van der Waals surface area contributed by atoms with Crippen molar-refractivity contribution in [2.24, 2.45) is 0 Å². The molecule has 0 bridgehead atoms. The molecule has 154 valence electrons. The highest BCUT2D eigenvalue weighted by Crippen LogP contribution is 2.28. The van der Waals surface area contributed by atoms with E-state index in [0.29, 0.717) is 49.7 Å². The SMILES string of the molecule is O=C1CCC(N2Cc3cc(CNc4nc5c(c(=O)[nH]4)CNC5)ccc3C2=O)C(=O)N1. The molecule has 0 spiro atoms. The minimum Gasteiger partial charge on any atom is -0.352 e. The third kappa shape index (κ3) is 3.14. The lowest BCUT2D eigenvalue weighted by atomic mass is 10.0. The molecule has 5 rings (SSSR count). The Morgan fingerprint density at radius 1 is 1.17 bits per heavy atom. The van der Waals surface area contributed by atoms with Gasteiger partial charge in [-0.1, -0.05) is 12.1 Å². The number of amides is 3. The van der Waals surface area contributed by atoms with Gasteiger partial charge in [0.25, 0.3) is 11.5 Å². The number of hydrogen-bond donors (Lipinski definition) is 4. The van der Waals surface area contributed by atoms with Crippen LogP contribution in [0.1, 0.15) is 45.6 Å². The minimum absolute atomic E-state index is 0.146. The number of anilines is 1. The average molecular weight is 408 g/mol. The van der Waals surface area contributed by atoms with E-state index in [9.17, 15) is 19.2 Å². The number of imide groups is 1. The molecular weight excluding hydrogens is 388 g/mol. The monoisotopic (exact) mass is 408 g/mol. The van der Waals surface area contributed by atoms with Crippen LogP contribution in [0.3, 0.4) is 0 Å². The molecule has 3 amide bonds. The summed E-state index contributed by atoms with van der Waals surface area (Å²) in [5.74, 6) is -0.515. The molecule has 10 heteroatoms. The first-order valence-corrected chi connectivity index (χ1v) is 9.83. The van der Waals surface area contributed by atoms with E-state index in [1.165, 1.54) is 4.90 Å². The van der Waals surface area contributed by atoms with Gasteiger partial charge in [-0.25, -0.2) is 4.98 Å². The molecule has 1 fully saturated rings. The first-order chi connectivity index (χ1) is 14.5. The van der Waals surface area contributed by atoms with E-state index >= 15 is 0 Å². The van der Waals surface area contributed by atoms with Gasteiger partial charge >= 0.3 is 0 Å². The molecule has 0 saturated carbocycles. The zero-order valence-corrected chi connectivity index (χ0v) is 16.1. The predicted octanol–water partition coefficient (Wildman–Crippen LogP) is -0.254. The maximum atomic E-state index is 12.7.